The summed E-state index contributed by atoms with van der Waals surface area (Å²) in [4.78, 5) is 38.6. The maximum Gasteiger partial charge on any atom is 0.416 e. The quantitative estimate of drug-likeness (QED) is 0.207. The van der Waals surface area contributed by atoms with E-state index in [1.807, 2.05) is 5.32 Å². The van der Waals surface area contributed by atoms with E-state index >= 15 is 0 Å². The van der Waals surface area contributed by atoms with Crippen LogP contribution in [0.1, 0.15) is 16.7 Å². The highest BCUT2D eigenvalue weighted by atomic mass is 79.9. The second-order valence-corrected chi connectivity index (χ2v) is 9.04. The number of nitrogens with one attached hydrogen (secondary N) is 1. The fraction of sp³-hybridized carbons (Fsp3) is 0.0800. The lowest BCUT2D eigenvalue weighted by molar-refractivity contribution is -0.137. The third kappa shape index (κ3) is 5.83. The SMILES string of the molecule is O=C1NC(=O)N(c2cc(C(F)(F)F)ccc2Cl)C(=O)/C1=C\c1cc(Br)ccc1OCc1ccc(F)cc1. The second-order valence-electron chi connectivity index (χ2n) is 7.72. The first kappa shape index (κ1) is 26.4. The summed E-state index contributed by atoms with van der Waals surface area (Å²) in [6.07, 6.45) is -3.63. The van der Waals surface area contributed by atoms with Gasteiger partial charge in [-0.25, -0.2) is 14.1 Å². The molecule has 0 aliphatic carbocycles. The molecule has 0 atom stereocenters. The van der Waals surface area contributed by atoms with E-state index in [0.29, 0.717) is 27.1 Å². The highest BCUT2D eigenvalue weighted by Gasteiger charge is 2.39. The number of benzene rings is 3. The van der Waals surface area contributed by atoms with Crippen molar-refractivity contribution in [1.82, 2.24) is 5.32 Å². The Morgan fingerprint density at radius 3 is 2.38 bits per heavy atom. The highest BCUT2D eigenvalue weighted by Crippen LogP contribution is 2.37. The van der Waals surface area contributed by atoms with Crippen LogP contribution in [0.15, 0.2) is 70.7 Å². The van der Waals surface area contributed by atoms with Gasteiger partial charge in [0.25, 0.3) is 11.8 Å². The topological polar surface area (TPSA) is 75.7 Å². The van der Waals surface area contributed by atoms with E-state index in [1.165, 1.54) is 30.3 Å². The Bertz CT molecular complexity index is 1440. The zero-order valence-corrected chi connectivity index (χ0v) is 20.7. The number of ether oxygens (including phenoxy) is 1. The molecule has 1 saturated heterocycles. The van der Waals surface area contributed by atoms with Crippen molar-refractivity contribution in [2.75, 3.05) is 4.90 Å². The fourth-order valence-corrected chi connectivity index (χ4v) is 3.98. The number of carbonyl (C=O) groups excluding carboxylic acids is 3. The Morgan fingerprint density at radius 1 is 1.00 bits per heavy atom. The Kier molecular flexibility index (Phi) is 7.37. The van der Waals surface area contributed by atoms with Crippen LogP contribution in [0.3, 0.4) is 0 Å². The zero-order chi connectivity index (χ0) is 26.9. The van der Waals surface area contributed by atoms with Crippen LogP contribution in [0, 0.1) is 5.82 Å². The molecule has 3 aromatic rings. The van der Waals surface area contributed by atoms with Gasteiger partial charge in [0.15, 0.2) is 0 Å². The van der Waals surface area contributed by atoms with E-state index in [1.54, 1.807) is 12.1 Å². The first-order valence-electron chi connectivity index (χ1n) is 10.4. The van der Waals surface area contributed by atoms with Crippen LogP contribution in [0.4, 0.5) is 28.0 Å². The molecule has 6 nitrogen and oxygen atoms in total. The first-order valence-corrected chi connectivity index (χ1v) is 11.6. The molecular formula is C25H14BrClF4N2O4. The predicted octanol–water partition coefficient (Wildman–Crippen LogP) is 6.51. The van der Waals surface area contributed by atoms with Crippen LogP contribution in [-0.4, -0.2) is 17.8 Å². The van der Waals surface area contributed by atoms with Crippen LogP contribution in [0.2, 0.25) is 5.02 Å². The molecule has 4 amide bonds. The van der Waals surface area contributed by atoms with Crippen molar-refractivity contribution in [2.24, 2.45) is 0 Å². The predicted molar refractivity (Wildman–Crippen MR) is 130 cm³/mol. The number of carbonyl (C=O) groups is 3. The van der Waals surface area contributed by atoms with Crippen LogP contribution >= 0.6 is 27.5 Å². The maximum absolute atomic E-state index is 13.2. The van der Waals surface area contributed by atoms with E-state index in [0.717, 1.165) is 12.1 Å². The molecule has 0 aromatic heterocycles. The number of imide groups is 2. The Labute approximate surface area is 220 Å². The molecule has 0 bridgehead atoms. The molecule has 1 heterocycles. The average molecular weight is 598 g/mol. The van der Waals surface area contributed by atoms with Crippen molar-refractivity contribution >= 4 is 57.1 Å². The second kappa shape index (κ2) is 10.3. The molecule has 0 spiro atoms. The lowest BCUT2D eigenvalue weighted by atomic mass is 10.1. The molecule has 0 radical (unpaired) electrons. The molecule has 4 rings (SSSR count). The summed E-state index contributed by atoms with van der Waals surface area (Å²) >= 11 is 9.30. The van der Waals surface area contributed by atoms with Gasteiger partial charge in [-0.3, -0.25) is 14.9 Å². The summed E-state index contributed by atoms with van der Waals surface area (Å²) in [5.74, 6) is -2.42. The summed E-state index contributed by atoms with van der Waals surface area (Å²) in [5, 5.41) is 1.63. The number of rotatable bonds is 5. The molecule has 12 heteroatoms. The summed E-state index contributed by atoms with van der Waals surface area (Å²) in [7, 11) is 0. The zero-order valence-electron chi connectivity index (χ0n) is 18.4. The lowest BCUT2D eigenvalue weighted by Gasteiger charge is -2.27. The van der Waals surface area contributed by atoms with Crippen molar-refractivity contribution < 1.29 is 36.7 Å². The van der Waals surface area contributed by atoms with E-state index in [-0.39, 0.29) is 22.9 Å². The lowest BCUT2D eigenvalue weighted by Crippen LogP contribution is -2.54. The molecule has 37 heavy (non-hydrogen) atoms. The molecule has 0 saturated carbocycles. The number of halogens is 6. The fourth-order valence-electron chi connectivity index (χ4n) is 3.40. The van der Waals surface area contributed by atoms with Gasteiger partial charge in [0.05, 0.1) is 16.3 Å². The van der Waals surface area contributed by atoms with Crippen molar-refractivity contribution in [3.63, 3.8) is 0 Å². The number of urea groups is 1. The number of barbiturate groups is 1. The highest BCUT2D eigenvalue weighted by molar-refractivity contribution is 9.10. The number of hydrogen-bond acceptors (Lipinski definition) is 4. The maximum atomic E-state index is 13.2. The third-order valence-corrected chi connectivity index (χ3v) is 6.01. The normalized spacial score (nSPS) is 15.2. The van der Waals surface area contributed by atoms with Crippen LogP contribution < -0.4 is 15.0 Å². The van der Waals surface area contributed by atoms with Crippen molar-refractivity contribution in [1.29, 1.82) is 0 Å². The van der Waals surface area contributed by atoms with Crippen LogP contribution in [0.5, 0.6) is 5.75 Å². The van der Waals surface area contributed by atoms with Crippen molar-refractivity contribution in [3.05, 3.63) is 98.2 Å². The van der Waals surface area contributed by atoms with E-state index in [2.05, 4.69) is 15.9 Å². The largest absolute Gasteiger partial charge is 0.488 e. The third-order valence-electron chi connectivity index (χ3n) is 5.20. The minimum Gasteiger partial charge on any atom is -0.488 e. The summed E-state index contributed by atoms with van der Waals surface area (Å²) in [6.45, 7) is 0.0304. The number of alkyl halides is 3. The monoisotopic (exact) mass is 596 g/mol. The molecular weight excluding hydrogens is 584 g/mol. The number of amides is 4. The van der Waals surface area contributed by atoms with Gasteiger partial charge in [-0.15, -0.1) is 0 Å². The van der Waals surface area contributed by atoms with Gasteiger partial charge in [0.2, 0.25) is 0 Å². The van der Waals surface area contributed by atoms with Gasteiger partial charge < -0.3 is 4.74 Å². The van der Waals surface area contributed by atoms with E-state index in [9.17, 15) is 31.9 Å². The van der Waals surface area contributed by atoms with Gasteiger partial charge in [0, 0.05) is 10.0 Å². The minimum atomic E-state index is -4.77. The Morgan fingerprint density at radius 2 is 1.70 bits per heavy atom. The molecule has 190 valence electrons. The minimum absolute atomic E-state index is 0.0304. The molecule has 1 aliphatic rings. The van der Waals surface area contributed by atoms with Gasteiger partial charge in [0.1, 0.15) is 23.7 Å². The number of anilines is 1. The molecule has 1 fully saturated rings. The molecule has 0 unspecified atom stereocenters. The van der Waals surface area contributed by atoms with Gasteiger partial charge >= 0.3 is 12.2 Å². The van der Waals surface area contributed by atoms with Gasteiger partial charge in [-0.2, -0.15) is 13.2 Å². The van der Waals surface area contributed by atoms with E-state index < -0.39 is 46.7 Å². The van der Waals surface area contributed by atoms with Crippen molar-refractivity contribution in [2.45, 2.75) is 12.8 Å². The molecule has 1 aliphatic heterocycles. The van der Waals surface area contributed by atoms with Crippen LogP contribution in [-0.2, 0) is 22.4 Å². The summed E-state index contributed by atoms with van der Waals surface area (Å²) < 4.78 is 59.2. The van der Waals surface area contributed by atoms with Crippen molar-refractivity contribution in [3.8, 4) is 5.75 Å². The van der Waals surface area contributed by atoms with Crippen LogP contribution in [0.25, 0.3) is 6.08 Å². The standard InChI is InChI=1S/C25H14BrClF4N2O4/c26-16-4-8-21(37-12-13-1-5-17(28)6-2-13)14(9-16)10-18-22(34)32-24(36)33(23(18)35)20-11-15(25(29,30)31)3-7-19(20)27/h1-11H,12H2,(H,32,34,36)/b18-10-. The Balaban J connectivity index is 1.71. The summed E-state index contributed by atoms with van der Waals surface area (Å²) in [5.41, 5.74) is -1.33. The average Bonchev–Trinajstić information content (AvgIpc) is 2.82. The van der Waals surface area contributed by atoms with E-state index in [4.69, 9.17) is 16.3 Å². The number of hydrogen-bond donors (Lipinski definition) is 1. The number of nitrogens with zero attached hydrogens (tertiary/aromatic N) is 1. The first-order chi connectivity index (χ1) is 17.4. The molecule has 1 N–H and O–H groups in total. The Hall–Kier alpha value is -3.70. The smallest absolute Gasteiger partial charge is 0.416 e. The summed E-state index contributed by atoms with van der Waals surface area (Å²) in [6, 6.07) is 11.2. The van der Waals surface area contributed by atoms with Gasteiger partial charge in [-0.1, -0.05) is 39.7 Å². The molecule has 3 aromatic carbocycles. The van der Waals surface area contributed by atoms with Gasteiger partial charge in [-0.05, 0) is 60.2 Å².